The summed E-state index contributed by atoms with van der Waals surface area (Å²) < 4.78 is 0. The molecule has 22 heavy (non-hydrogen) atoms. The van der Waals surface area contributed by atoms with Gasteiger partial charge < -0.3 is 10.3 Å². The van der Waals surface area contributed by atoms with Crippen molar-refractivity contribution in [2.45, 2.75) is 13.8 Å². The van der Waals surface area contributed by atoms with E-state index in [0.29, 0.717) is 0 Å². The number of carbonyl (C=O) groups excluding carboxylic acids is 1. The second-order valence-corrected chi connectivity index (χ2v) is 5.41. The number of nitrogens with one attached hydrogen (secondary N) is 2. The molecule has 0 aliphatic heterocycles. The Labute approximate surface area is 130 Å². The Morgan fingerprint density at radius 2 is 1.36 bits per heavy atom. The second-order valence-electron chi connectivity index (χ2n) is 5.41. The molecule has 1 amide bonds. The Hall–Kier alpha value is -2.81. The van der Waals surface area contributed by atoms with Crippen molar-refractivity contribution in [3.8, 4) is 22.3 Å². The third-order valence-electron chi connectivity index (χ3n) is 3.62. The first-order chi connectivity index (χ1) is 10.6. The largest absolute Gasteiger partial charge is 0.366 e. The maximum atomic E-state index is 11.1. The predicted octanol–water partition coefficient (Wildman–Crippen LogP) is 4.62. The van der Waals surface area contributed by atoms with Crippen molar-refractivity contribution in [3.05, 3.63) is 66.5 Å². The van der Waals surface area contributed by atoms with Crippen LogP contribution in [0, 0.1) is 6.92 Å². The lowest BCUT2D eigenvalue weighted by Crippen LogP contribution is -2.05. The molecule has 0 bridgehead atoms. The number of H-pyrrole nitrogens is 1. The predicted molar refractivity (Wildman–Crippen MR) is 90.7 cm³/mol. The number of aromatic amines is 1. The number of carbonyl (C=O) groups is 1. The lowest BCUT2D eigenvalue weighted by molar-refractivity contribution is -0.114. The van der Waals surface area contributed by atoms with Crippen molar-refractivity contribution < 1.29 is 4.79 Å². The molecule has 3 aromatic rings. The fourth-order valence-electron chi connectivity index (χ4n) is 2.51. The number of benzene rings is 2. The number of amides is 1. The molecule has 0 aliphatic rings. The molecule has 3 heteroatoms. The first kappa shape index (κ1) is 14.1. The van der Waals surface area contributed by atoms with Crippen molar-refractivity contribution in [1.29, 1.82) is 0 Å². The average molecular weight is 290 g/mol. The van der Waals surface area contributed by atoms with E-state index < -0.39 is 0 Å². The highest BCUT2D eigenvalue weighted by molar-refractivity contribution is 5.89. The van der Waals surface area contributed by atoms with E-state index in [1.807, 2.05) is 36.7 Å². The Balaban J connectivity index is 1.94. The van der Waals surface area contributed by atoms with E-state index in [0.717, 1.165) is 16.8 Å². The highest BCUT2D eigenvalue weighted by Crippen LogP contribution is 2.32. The Bertz CT molecular complexity index is 783. The van der Waals surface area contributed by atoms with Crippen molar-refractivity contribution in [3.63, 3.8) is 0 Å². The summed E-state index contributed by atoms with van der Waals surface area (Å²) in [7, 11) is 0. The monoisotopic (exact) mass is 290 g/mol. The molecule has 1 heterocycles. The number of hydrogen-bond donors (Lipinski definition) is 2. The second kappa shape index (κ2) is 5.90. The molecule has 1 aromatic heterocycles. The molecule has 0 unspecified atom stereocenters. The molecular weight excluding hydrogens is 272 g/mol. The fraction of sp³-hybridized carbons (Fsp3) is 0.105. The van der Waals surface area contributed by atoms with E-state index in [1.54, 1.807) is 0 Å². The summed E-state index contributed by atoms with van der Waals surface area (Å²) in [6.45, 7) is 3.60. The van der Waals surface area contributed by atoms with E-state index in [4.69, 9.17) is 0 Å². The first-order valence-electron chi connectivity index (χ1n) is 7.25. The lowest BCUT2D eigenvalue weighted by atomic mass is 9.98. The van der Waals surface area contributed by atoms with Crippen LogP contribution in [0.5, 0.6) is 0 Å². The highest BCUT2D eigenvalue weighted by atomic mass is 16.1. The van der Waals surface area contributed by atoms with Crippen LogP contribution in [0.3, 0.4) is 0 Å². The number of aromatic nitrogens is 1. The summed E-state index contributed by atoms with van der Waals surface area (Å²) in [6, 6.07) is 16.4. The van der Waals surface area contributed by atoms with Crippen LogP contribution in [0.2, 0.25) is 0 Å². The molecule has 110 valence electrons. The smallest absolute Gasteiger partial charge is 0.221 e. The van der Waals surface area contributed by atoms with Crippen molar-refractivity contribution in [2.24, 2.45) is 0 Å². The van der Waals surface area contributed by atoms with Gasteiger partial charge in [-0.3, -0.25) is 4.79 Å². The van der Waals surface area contributed by atoms with Crippen LogP contribution in [0.4, 0.5) is 5.69 Å². The van der Waals surface area contributed by atoms with Crippen LogP contribution in [0.25, 0.3) is 22.3 Å². The van der Waals surface area contributed by atoms with Gasteiger partial charge in [0.05, 0.1) is 0 Å². The van der Waals surface area contributed by atoms with Gasteiger partial charge in [0.25, 0.3) is 0 Å². The summed E-state index contributed by atoms with van der Waals surface area (Å²) >= 11 is 0. The Morgan fingerprint density at radius 1 is 0.864 bits per heavy atom. The van der Waals surface area contributed by atoms with E-state index in [2.05, 4.69) is 41.5 Å². The quantitative estimate of drug-likeness (QED) is 0.726. The molecule has 2 aromatic carbocycles. The third kappa shape index (κ3) is 2.93. The minimum Gasteiger partial charge on any atom is -0.366 e. The Kier molecular flexibility index (Phi) is 3.79. The molecule has 0 aliphatic carbocycles. The standard InChI is InChI=1S/C19H18N2O/c1-13-3-5-15(6-4-13)18-11-20-12-19(18)16-7-9-17(10-8-16)21-14(2)22/h3-12,20H,1-2H3,(H,21,22). The molecule has 0 saturated carbocycles. The minimum atomic E-state index is -0.0604. The van der Waals surface area contributed by atoms with E-state index in [9.17, 15) is 4.79 Å². The molecule has 0 atom stereocenters. The van der Waals surface area contributed by atoms with Crippen LogP contribution in [0.15, 0.2) is 60.9 Å². The van der Waals surface area contributed by atoms with Gasteiger partial charge in [-0.2, -0.15) is 0 Å². The molecule has 3 rings (SSSR count). The van der Waals surface area contributed by atoms with Gasteiger partial charge in [-0.25, -0.2) is 0 Å². The van der Waals surface area contributed by atoms with Crippen molar-refractivity contribution in [2.75, 3.05) is 5.32 Å². The van der Waals surface area contributed by atoms with Gasteiger partial charge in [0.1, 0.15) is 0 Å². The zero-order valence-corrected chi connectivity index (χ0v) is 12.7. The highest BCUT2D eigenvalue weighted by Gasteiger charge is 2.08. The number of rotatable bonds is 3. The van der Waals surface area contributed by atoms with Gasteiger partial charge in [-0.05, 0) is 30.2 Å². The van der Waals surface area contributed by atoms with Crippen molar-refractivity contribution >= 4 is 11.6 Å². The summed E-state index contributed by atoms with van der Waals surface area (Å²) in [6.07, 6.45) is 4.02. The number of anilines is 1. The number of hydrogen-bond acceptors (Lipinski definition) is 1. The third-order valence-corrected chi connectivity index (χ3v) is 3.62. The van der Waals surface area contributed by atoms with Crippen LogP contribution >= 0.6 is 0 Å². The van der Waals surface area contributed by atoms with Crippen LogP contribution in [-0.4, -0.2) is 10.9 Å². The molecular formula is C19H18N2O. The van der Waals surface area contributed by atoms with E-state index >= 15 is 0 Å². The van der Waals surface area contributed by atoms with E-state index in [-0.39, 0.29) is 5.91 Å². The van der Waals surface area contributed by atoms with Crippen LogP contribution in [0.1, 0.15) is 12.5 Å². The minimum absolute atomic E-state index is 0.0604. The molecule has 0 saturated heterocycles. The molecule has 0 spiro atoms. The normalized spacial score (nSPS) is 10.5. The number of aryl methyl sites for hydroxylation is 1. The molecule has 0 radical (unpaired) electrons. The maximum Gasteiger partial charge on any atom is 0.221 e. The van der Waals surface area contributed by atoms with Gasteiger partial charge in [0.2, 0.25) is 5.91 Å². The maximum absolute atomic E-state index is 11.1. The Morgan fingerprint density at radius 3 is 1.86 bits per heavy atom. The topological polar surface area (TPSA) is 44.9 Å². The average Bonchev–Trinajstić information content (AvgIpc) is 2.97. The van der Waals surface area contributed by atoms with Crippen LogP contribution in [-0.2, 0) is 4.79 Å². The summed E-state index contributed by atoms with van der Waals surface area (Å²) in [5, 5.41) is 2.78. The van der Waals surface area contributed by atoms with E-state index in [1.165, 1.54) is 23.6 Å². The first-order valence-corrected chi connectivity index (χ1v) is 7.25. The summed E-state index contributed by atoms with van der Waals surface area (Å²) in [4.78, 5) is 14.3. The lowest BCUT2D eigenvalue weighted by Gasteiger charge is -2.07. The molecule has 3 nitrogen and oxygen atoms in total. The SMILES string of the molecule is CC(=O)Nc1ccc(-c2c[nH]cc2-c2ccc(C)cc2)cc1. The molecule has 2 N–H and O–H groups in total. The molecule has 0 fully saturated rings. The zero-order chi connectivity index (χ0) is 15.5. The van der Waals surface area contributed by atoms with Crippen molar-refractivity contribution in [1.82, 2.24) is 4.98 Å². The van der Waals surface area contributed by atoms with Gasteiger partial charge in [-0.15, -0.1) is 0 Å². The summed E-state index contributed by atoms with van der Waals surface area (Å²) in [5.41, 5.74) is 6.69. The van der Waals surface area contributed by atoms with Crippen LogP contribution < -0.4 is 5.32 Å². The van der Waals surface area contributed by atoms with Gasteiger partial charge >= 0.3 is 0 Å². The fourth-order valence-corrected chi connectivity index (χ4v) is 2.51. The zero-order valence-electron chi connectivity index (χ0n) is 12.7. The van der Waals surface area contributed by atoms with Gasteiger partial charge in [0.15, 0.2) is 0 Å². The van der Waals surface area contributed by atoms with Gasteiger partial charge in [-0.1, -0.05) is 42.0 Å². The van der Waals surface area contributed by atoms with Gasteiger partial charge in [0, 0.05) is 36.1 Å². The summed E-state index contributed by atoms with van der Waals surface area (Å²) in [5.74, 6) is -0.0604.